The van der Waals surface area contributed by atoms with Crippen LogP contribution in [0.4, 0.5) is 0 Å². The highest BCUT2D eigenvalue weighted by molar-refractivity contribution is 5.84. The molecule has 0 amide bonds. The van der Waals surface area contributed by atoms with Crippen molar-refractivity contribution in [2.75, 3.05) is 6.61 Å². The zero-order chi connectivity index (χ0) is 11.6. The van der Waals surface area contributed by atoms with Gasteiger partial charge in [-0.05, 0) is 12.5 Å². The van der Waals surface area contributed by atoms with E-state index in [0.717, 1.165) is 5.56 Å². The predicted octanol–water partition coefficient (Wildman–Crippen LogP) is 1.85. The van der Waals surface area contributed by atoms with E-state index in [-0.39, 0.29) is 13.0 Å². The maximum Gasteiger partial charge on any atom is 0.343 e. The topological polar surface area (TPSA) is 46.5 Å². The number of ether oxygens (including phenoxy) is 1. The molecule has 0 aromatic heterocycles. The molecule has 16 heavy (non-hydrogen) atoms. The lowest BCUT2D eigenvalue weighted by atomic mass is 9.83. The quantitative estimate of drug-likeness (QED) is 0.771. The van der Waals surface area contributed by atoms with E-state index in [1.165, 1.54) is 0 Å². The molecule has 2 rings (SSSR count). The third kappa shape index (κ3) is 1.63. The Morgan fingerprint density at radius 1 is 1.50 bits per heavy atom. The first-order valence-corrected chi connectivity index (χ1v) is 5.34. The molecule has 3 nitrogen and oxygen atoms in total. The van der Waals surface area contributed by atoms with Crippen molar-refractivity contribution < 1.29 is 14.6 Å². The molecule has 0 fully saturated rings. The van der Waals surface area contributed by atoms with E-state index >= 15 is 0 Å². The van der Waals surface area contributed by atoms with Crippen LogP contribution in [-0.2, 0) is 15.1 Å². The number of hydrogen-bond acceptors (Lipinski definition) is 3. The lowest BCUT2D eigenvalue weighted by Gasteiger charge is -2.29. The summed E-state index contributed by atoms with van der Waals surface area (Å²) in [6, 6.07) is 7.31. The van der Waals surface area contributed by atoms with Gasteiger partial charge in [-0.25, -0.2) is 4.79 Å². The van der Waals surface area contributed by atoms with Crippen molar-refractivity contribution in [3.63, 3.8) is 0 Å². The van der Waals surface area contributed by atoms with Gasteiger partial charge >= 0.3 is 5.97 Å². The fourth-order valence-electron chi connectivity index (χ4n) is 1.93. The summed E-state index contributed by atoms with van der Waals surface area (Å²) in [6.07, 6.45) is 3.96. The first-order valence-electron chi connectivity index (χ1n) is 5.34. The Balaban J connectivity index is 2.44. The number of aliphatic hydroxyl groups is 1. The Hall–Kier alpha value is -1.61. The molecule has 0 saturated carbocycles. The molecular weight excluding hydrogens is 204 g/mol. The first kappa shape index (κ1) is 10.9. The minimum Gasteiger partial charge on any atom is -0.464 e. The molecule has 0 bridgehead atoms. The van der Waals surface area contributed by atoms with Crippen molar-refractivity contribution in [3.8, 4) is 0 Å². The van der Waals surface area contributed by atoms with E-state index in [4.69, 9.17) is 4.74 Å². The van der Waals surface area contributed by atoms with Gasteiger partial charge in [0, 0.05) is 12.0 Å². The van der Waals surface area contributed by atoms with Crippen LogP contribution in [0.5, 0.6) is 0 Å². The Kier molecular flexibility index (Phi) is 2.79. The summed E-state index contributed by atoms with van der Waals surface area (Å²) in [5, 5.41) is 10.4. The molecule has 84 valence electrons. The van der Waals surface area contributed by atoms with Gasteiger partial charge in [-0.1, -0.05) is 36.4 Å². The second kappa shape index (κ2) is 4.10. The predicted molar refractivity (Wildman–Crippen MR) is 60.6 cm³/mol. The summed E-state index contributed by atoms with van der Waals surface area (Å²) in [5.74, 6) is -0.577. The molecule has 1 aliphatic rings. The number of rotatable bonds is 2. The maximum absolute atomic E-state index is 11.8. The van der Waals surface area contributed by atoms with E-state index in [2.05, 4.69) is 0 Å². The molecule has 1 N–H and O–H groups in total. The van der Waals surface area contributed by atoms with Crippen molar-refractivity contribution in [3.05, 3.63) is 41.5 Å². The molecule has 0 heterocycles. The molecule has 1 aromatic rings. The zero-order valence-corrected chi connectivity index (χ0v) is 9.14. The SMILES string of the molecule is CCOC(=O)C1(O)CC=Cc2ccccc21. The maximum atomic E-state index is 11.8. The smallest absolute Gasteiger partial charge is 0.343 e. The van der Waals surface area contributed by atoms with Gasteiger partial charge in [-0.15, -0.1) is 0 Å². The molecule has 0 radical (unpaired) electrons. The molecule has 0 spiro atoms. The number of carbonyl (C=O) groups excluding carboxylic acids is 1. The van der Waals surface area contributed by atoms with Gasteiger partial charge < -0.3 is 9.84 Å². The van der Waals surface area contributed by atoms with Crippen LogP contribution in [0.3, 0.4) is 0 Å². The summed E-state index contributed by atoms with van der Waals surface area (Å²) < 4.78 is 4.92. The van der Waals surface area contributed by atoms with E-state index in [1.54, 1.807) is 19.1 Å². The summed E-state index contributed by atoms with van der Waals surface area (Å²) in [6.45, 7) is 2.00. The highest BCUT2D eigenvalue weighted by atomic mass is 16.5. The molecule has 1 aliphatic carbocycles. The van der Waals surface area contributed by atoms with Crippen LogP contribution in [-0.4, -0.2) is 17.7 Å². The Bertz CT molecular complexity index is 437. The van der Waals surface area contributed by atoms with Gasteiger partial charge in [-0.2, -0.15) is 0 Å². The minimum atomic E-state index is -1.53. The molecule has 0 saturated heterocycles. The Labute approximate surface area is 94.4 Å². The lowest BCUT2D eigenvalue weighted by molar-refractivity contribution is -0.166. The number of fused-ring (bicyclic) bond motifs is 1. The van der Waals surface area contributed by atoms with Crippen LogP contribution < -0.4 is 0 Å². The van der Waals surface area contributed by atoms with Crippen LogP contribution in [0.1, 0.15) is 24.5 Å². The molecule has 1 aromatic carbocycles. The second-order valence-electron chi connectivity index (χ2n) is 3.77. The van der Waals surface area contributed by atoms with Gasteiger partial charge in [-0.3, -0.25) is 0 Å². The Morgan fingerprint density at radius 2 is 2.25 bits per heavy atom. The van der Waals surface area contributed by atoms with Crippen molar-refractivity contribution in [1.82, 2.24) is 0 Å². The third-order valence-electron chi connectivity index (χ3n) is 2.73. The third-order valence-corrected chi connectivity index (χ3v) is 2.73. The van der Waals surface area contributed by atoms with Crippen molar-refractivity contribution in [1.29, 1.82) is 0 Å². The molecule has 0 aliphatic heterocycles. The van der Waals surface area contributed by atoms with Gasteiger partial charge in [0.15, 0.2) is 5.60 Å². The van der Waals surface area contributed by atoms with Gasteiger partial charge in [0.1, 0.15) is 0 Å². The van der Waals surface area contributed by atoms with Crippen molar-refractivity contribution in [2.24, 2.45) is 0 Å². The molecular formula is C13H14O3. The average Bonchev–Trinajstić information content (AvgIpc) is 2.30. The summed E-state index contributed by atoms with van der Waals surface area (Å²) in [7, 11) is 0. The second-order valence-corrected chi connectivity index (χ2v) is 3.77. The number of carbonyl (C=O) groups is 1. The van der Waals surface area contributed by atoms with Crippen LogP contribution >= 0.6 is 0 Å². The zero-order valence-electron chi connectivity index (χ0n) is 9.14. The van der Waals surface area contributed by atoms with Crippen molar-refractivity contribution in [2.45, 2.75) is 18.9 Å². The van der Waals surface area contributed by atoms with E-state index in [1.807, 2.05) is 24.3 Å². The standard InChI is InChI=1S/C13H14O3/c1-2-16-12(14)13(15)9-5-7-10-6-3-4-8-11(10)13/h3-8,15H,2,9H2,1H3. The molecule has 1 unspecified atom stereocenters. The minimum absolute atomic E-state index is 0.267. The number of esters is 1. The monoisotopic (exact) mass is 218 g/mol. The summed E-state index contributed by atoms with van der Waals surface area (Å²) in [5.41, 5.74) is -0.0401. The number of benzene rings is 1. The lowest BCUT2D eigenvalue weighted by Crippen LogP contribution is -2.38. The van der Waals surface area contributed by atoms with E-state index in [0.29, 0.717) is 5.56 Å². The molecule has 1 atom stereocenters. The van der Waals surface area contributed by atoms with Gasteiger partial charge in [0.2, 0.25) is 0 Å². The van der Waals surface area contributed by atoms with E-state index in [9.17, 15) is 9.90 Å². The fourth-order valence-corrected chi connectivity index (χ4v) is 1.93. The van der Waals surface area contributed by atoms with Crippen LogP contribution in [0.25, 0.3) is 6.08 Å². The van der Waals surface area contributed by atoms with Crippen LogP contribution in [0, 0.1) is 0 Å². The van der Waals surface area contributed by atoms with Crippen LogP contribution in [0.15, 0.2) is 30.3 Å². The number of hydrogen-bond donors (Lipinski definition) is 1. The summed E-state index contributed by atoms with van der Waals surface area (Å²) in [4.78, 5) is 11.8. The highest BCUT2D eigenvalue weighted by Crippen LogP contribution is 2.34. The van der Waals surface area contributed by atoms with Gasteiger partial charge in [0.05, 0.1) is 6.61 Å². The van der Waals surface area contributed by atoms with E-state index < -0.39 is 11.6 Å². The van der Waals surface area contributed by atoms with Crippen LogP contribution in [0.2, 0.25) is 0 Å². The highest BCUT2D eigenvalue weighted by Gasteiger charge is 2.41. The van der Waals surface area contributed by atoms with Crippen molar-refractivity contribution >= 4 is 12.0 Å². The normalized spacial score (nSPS) is 22.6. The summed E-state index contributed by atoms with van der Waals surface area (Å²) >= 11 is 0. The molecule has 3 heteroatoms. The Morgan fingerprint density at radius 3 is 3.00 bits per heavy atom. The van der Waals surface area contributed by atoms with Gasteiger partial charge in [0.25, 0.3) is 0 Å². The fraction of sp³-hybridized carbons (Fsp3) is 0.308. The first-order chi connectivity index (χ1) is 7.68. The average molecular weight is 218 g/mol. The largest absolute Gasteiger partial charge is 0.464 e.